The third-order valence-electron chi connectivity index (χ3n) is 5.48. The van der Waals surface area contributed by atoms with Crippen molar-refractivity contribution < 1.29 is 21.6 Å². The summed E-state index contributed by atoms with van der Waals surface area (Å²) in [5.41, 5.74) is 1.00. The van der Waals surface area contributed by atoms with Crippen LogP contribution in [0.2, 0.25) is 0 Å². The number of sulfonamides is 2. The lowest BCUT2D eigenvalue weighted by Crippen LogP contribution is -2.50. The fraction of sp³-hybridized carbons (Fsp3) is 0.350. The number of hydrogen-bond acceptors (Lipinski definition) is 5. The second-order valence-corrected chi connectivity index (χ2v) is 12.3. The Morgan fingerprint density at radius 3 is 2.03 bits per heavy atom. The monoisotopic (exact) mass is 527 g/mol. The molecule has 8 nitrogen and oxygen atoms in total. The summed E-state index contributed by atoms with van der Waals surface area (Å²) in [5.74, 6) is -0.0577. The second kappa shape index (κ2) is 8.53. The molecule has 166 valence electrons. The van der Waals surface area contributed by atoms with Gasteiger partial charge in [0.2, 0.25) is 20.0 Å². The van der Waals surface area contributed by atoms with Crippen LogP contribution in [0.5, 0.6) is 0 Å². The Labute approximate surface area is 190 Å². The highest BCUT2D eigenvalue weighted by molar-refractivity contribution is 9.10. The van der Waals surface area contributed by atoms with E-state index in [9.17, 15) is 21.6 Å². The third kappa shape index (κ3) is 4.50. The summed E-state index contributed by atoms with van der Waals surface area (Å²) in [5, 5.41) is 0. The lowest BCUT2D eigenvalue weighted by atomic mass is 10.1. The molecule has 4 rings (SSSR count). The van der Waals surface area contributed by atoms with Crippen molar-refractivity contribution >= 4 is 47.6 Å². The largest absolute Gasteiger partial charge is 0.336 e. The molecule has 0 N–H and O–H groups in total. The van der Waals surface area contributed by atoms with Gasteiger partial charge in [0, 0.05) is 42.8 Å². The van der Waals surface area contributed by atoms with Crippen LogP contribution in [-0.4, -0.2) is 70.4 Å². The molecule has 2 aliphatic rings. The van der Waals surface area contributed by atoms with Crippen molar-refractivity contribution in [3.8, 4) is 0 Å². The van der Waals surface area contributed by atoms with Gasteiger partial charge in [-0.05, 0) is 55.0 Å². The molecule has 2 saturated heterocycles. The summed E-state index contributed by atoms with van der Waals surface area (Å²) in [4.78, 5) is 14.7. The molecule has 2 aliphatic heterocycles. The summed E-state index contributed by atoms with van der Waals surface area (Å²) in [6.45, 7) is 1.46. The van der Waals surface area contributed by atoms with Gasteiger partial charge in [0.25, 0.3) is 5.91 Å². The zero-order chi connectivity index (χ0) is 22.2. The highest BCUT2D eigenvalue weighted by Crippen LogP contribution is 2.25. The van der Waals surface area contributed by atoms with Crippen LogP contribution in [0.15, 0.2) is 57.9 Å². The summed E-state index contributed by atoms with van der Waals surface area (Å²) >= 11 is 3.30. The van der Waals surface area contributed by atoms with Gasteiger partial charge in [-0.15, -0.1) is 0 Å². The van der Waals surface area contributed by atoms with Crippen LogP contribution in [0, 0.1) is 0 Å². The van der Waals surface area contributed by atoms with Crippen molar-refractivity contribution in [1.82, 2.24) is 9.21 Å². The molecule has 0 unspecified atom stereocenters. The second-order valence-electron chi connectivity index (χ2n) is 7.44. The number of carbonyl (C=O) groups excluding carboxylic acids is 1. The molecule has 2 fully saturated rings. The molecular formula is C20H22BrN3O5S2. The lowest BCUT2D eigenvalue weighted by Gasteiger charge is -2.34. The van der Waals surface area contributed by atoms with Crippen molar-refractivity contribution in [3.05, 3.63) is 58.6 Å². The number of anilines is 1. The molecule has 0 saturated carbocycles. The SMILES string of the molecule is O=C(c1ccc(N2CCCS2(=O)=O)cc1)N1CCN(S(=O)(=O)c2ccc(Br)cc2)CC1. The van der Waals surface area contributed by atoms with E-state index in [1.165, 1.54) is 8.61 Å². The molecule has 0 atom stereocenters. The molecule has 2 aromatic rings. The fourth-order valence-corrected chi connectivity index (χ4v) is 7.02. The summed E-state index contributed by atoms with van der Waals surface area (Å²) in [6.07, 6.45) is 0.594. The fourth-order valence-electron chi connectivity index (χ4n) is 3.77. The Balaban J connectivity index is 1.41. The minimum atomic E-state index is -3.61. The van der Waals surface area contributed by atoms with Crippen LogP contribution in [0.4, 0.5) is 5.69 Å². The van der Waals surface area contributed by atoms with Gasteiger partial charge in [-0.1, -0.05) is 15.9 Å². The van der Waals surface area contributed by atoms with E-state index in [-0.39, 0.29) is 42.7 Å². The van der Waals surface area contributed by atoms with Crippen molar-refractivity contribution in [1.29, 1.82) is 0 Å². The predicted octanol–water partition coefficient (Wildman–Crippen LogP) is 2.14. The van der Waals surface area contributed by atoms with E-state index in [1.807, 2.05) is 0 Å². The Morgan fingerprint density at radius 1 is 0.871 bits per heavy atom. The maximum absolute atomic E-state index is 12.8. The first-order chi connectivity index (χ1) is 14.7. The van der Waals surface area contributed by atoms with E-state index in [4.69, 9.17) is 0 Å². The van der Waals surface area contributed by atoms with Crippen LogP contribution < -0.4 is 4.31 Å². The van der Waals surface area contributed by atoms with Crippen molar-refractivity contribution in [3.63, 3.8) is 0 Å². The van der Waals surface area contributed by atoms with Crippen LogP contribution in [0.25, 0.3) is 0 Å². The standard InChI is InChI=1S/C20H22BrN3O5S2/c21-17-4-8-19(9-5-17)31(28,29)23-13-11-22(12-14-23)20(25)16-2-6-18(7-3-16)24-10-1-15-30(24,26)27/h2-9H,1,10-15H2. The van der Waals surface area contributed by atoms with Gasteiger partial charge >= 0.3 is 0 Å². The molecule has 2 heterocycles. The first kappa shape index (κ1) is 22.3. The zero-order valence-electron chi connectivity index (χ0n) is 16.6. The molecule has 1 amide bonds. The first-order valence-corrected chi connectivity index (χ1v) is 13.7. The predicted molar refractivity (Wildman–Crippen MR) is 121 cm³/mol. The van der Waals surface area contributed by atoms with Gasteiger partial charge in [0.05, 0.1) is 16.3 Å². The molecule has 0 aromatic heterocycles. The molecular weight excluding hydrogens is 506 g/mol. The van der Waals surface area contributed by atoms with E-state index >= 15 is 0 Å². The number of rotatable bonds is 4. The number of benzene rings is 2. The summed E-state index contributed by atoms with van der Waals surface area (Å²) in [7, 11) is -6.87. The van der Waals surface area contributed by atoms with Gasteiger partial charge in [-0.2, -0.15) is 4.31 Å². The van der Waals surface area contributed by atoms with Gasteiger partial charge in [-0.25, -0.2) is 16.8 Å². The van der Waals surface area contributed by atoms with Gasteiger partial charge in [-0.3, -0.25) is 9.10 Å². The van der Waals surface area contributed by atoms with Crippen molar-refractivity contribution in [2.75, 3.05) is 42.8 Å². The topological polar surface area (TPSA) is 95.1 Å². The number of piperazine rings is 1. The number of halogens is 1. The Kier molecular flexibility index (Phi) is 6.12. The number of carbonyl (C=O) groups is 1. The minimum Gasteiger partial charge on any atom is -0.336 e. The Morgan fingerprint density at radius 2 is 1.48 bits per heavy atom. The average molecular weight is 528 g/mol. The maximum Gasteiger partial charge on any atom is 0.253 e. The Bertz CT molecular complexity index is 1170. The normalized spacial score (nSPS) is 19.5. The smallest absolute Gasteiger partial charge is 0.253 e. The lowest BCUT2D eigenvalue weighted by molar-refractivity contribution is 0.0698. The molecule has 0 radical (unpaired) electrons. The van der Waals surface area contributed by atoms with E-state index in [0.29, 0.717) is 24.2 Å². The van der Waals surface area contributed by atoms with Crippen molar-refractivity contribution in [2.45, 2.75) is 11.3 Å². The number of hydrogen-bond donors (Lipinski definition) is 0. The van der Waals surface area contributed by atoms with Gasteiger partial charge in [0.15, 0.2) is 0 Å². The van der Waals surface area contributed by atoms with Crippen LogP contribution in [0.1, 0.15) is 16.8 Å². The quantitative estimate of drug-likeness (QED) is 0.606. The van der Waals surface area contributed by atoms with E-state index in [2.05, 4.69) is 15.9 Å². The molecule has 11 heteroatoms. The van der Waals surface area contributed by atoms with Gasteiger partial charge in [0.1, 0.15) is 0 Å². The first-order valence-electron chi connectivity index (χ1n) is 9.84. The highest BCUT2D eigenvalue weighted by atomic mass is 79.9. The van der Waals surface area contributed by atoms with E-state index < -0.39 is 20.0 Å². The summed E-state index contributed by atoms with van der Waals surface area (Å²) in [6, 6.07) is 13.0. The molecule has 0 aliphatic carbocycles. The van der Waals surface area contributed by atoms with Crippen molar-refractivity contribution in [2.24, 2.45) is 0 Å². The zero-order valence-corrected chi connectivity index (χ0v) is 19.9. The van der Waals surface area contributed by atoms with E-state index in [0.717, 1.165) is 4.47 Å². The molecule has 0 bridgehead atoms. The minimum absolute atomic E-state index is 0.140. The summed E-state index contributed by atoms with van der Waals surface area (Å²) < 4.78 is 53.3. The third-order valence-corrected chi connectivity index (χ3v) is 9.79. The van der Waals surface area contributed by atoms with Crippen LogP contribution in [-0.2, 0) is 20.0 Å². The number of amides is 1. The maximum atomic E-state index is 12.8. The van der Waals surface area contributed by atoms with Gasteiger partial charge < -0.3 is 4.90 Å². The number of nitrogens with zero attached hydrogens (tertiary/aromatic N) is 3. The molecule has 31 heavy (non-hydrogen) atoms. The van der Waals surface area contributed by atoms with Crippen LogP contribution in [0.3, 0.4) is 0 Å². The van der Waals surface area contributed by atoms with E-state index in [1.54, 1.807) is 53.4 Å². The average Bonchev–Trinajstić information content (AvgIpc) is 3.12. The highest BCUT2D eigenvalue weighted by Gasteiger charge is 2.31. The molecule has 2 aromatic carbocycles. The molecule has 0 spiro atoms. The van der Waals surface area contributed by atoms with Crippen LogP contribution >= 0.6 is 15.9 Å². The Hall–Kier alpha value is -1.95.